The van der Waals surface area contributed by atoms with Gasteiger partial charge in [0.25, 0.3) is 0 Å². The van der Waals surface area contributed by atoms with E-state index in [0.29, 0.717) is 16.5 Å². The highest BCUT2D eigenvalue weighted by Gasteiger charge is 2.12. The van der Waals surface area contributed by atoms with Crippen LogP contribution in [0.15, 0.2) is 41.3 Å². The van der Waals surface area contributed by atoms with Gasteiger partial charge < -0.3 is 10.5 Å². The molecule has 0 aliphatic heterocycles. The van der Waals surface area contributed by atoms with E-state index >= 15 is 0 Å². The first kappa shape index (κ1) is 15.7. The predicted octanol–water partition coefficient (Wildman–Crippen LogP) is 4.14. The molecule has 2 N–H and O–H groups in total. The Balaban J connectivity index is 2.10. The highest BCUT2D eigenvalue weighted by molar-refractivity contribution is 7.98. The summed E-state index contributed by atoms with van der Waals surface area (Å²) in [6.45, 7) is 0. The number of methoxy groups -OCH3 is 1. The first-order valence-electron chi connectivity index (χ1n) is 6.06. The van der Waals surface area contributed by atoms with Gasteiger partial charge in [-0.05, 0) is 35.9 Å². The maximum absolute atomic E-state index is 13.8. The number of rotatable bonds is 4. The topological polar surface area (TPSA) is 52.3 Å². The Hall–Kier alpha value is -1.72. The fourth-order valence-electron chi connectivity index (χ4n) is 1.74. The number of anilines is 1. The Morgan fingerprint density at radius 1 is 1.33 bits per heavy atom. The Bertz CT molecular complexity index is 679. The smallest absolute Gasteiger partial charge is 0.340 e. The lowest BCUT2D eigenvalue weighted by molar-refractivity contribution is 0.0595. The Morgan fingerprint density at radius 2 is 2.10 bits per heavy atom. The second-order valence-corrected chi connectivity index (χ2v) is 5.73. The molecule has 0 spiro atoms. The summed E-state index contributed by atoms with van der Waals surface area (Å²) >= 11 is 7.30. The van der Waals surface area contributed by atoms with Crippen molar-refractivity contribution in [1.82, 2.24) is 0 Å². The molecule has 2 aromatic carbocycles. The monoisotopic (exact) mass is 325 g/mol. The molecule has 110 valence electrons. The largest absolute Gasteiger partial charge is 0.465 e. The summed E-state index contributed by atoms with van der Waals surface area (Å²) in [5.74, 6) is -0.748. The van der Waals surface area contributed by atoms with E-state index in [-0.39, 0.29) is 5.56 Å². The third kappa shape index (κ3) is 3.89. The number of nitrogens with two attached hydrogens (primary N) is 1. The van der Waals surface area contributed by atoms with Gasteiger partial charge in [0.1, 0.15) is 5.82 Å². The molecule has 0 saturated heterocycles. The summed E-state index contributed by atoms with van der Waals surface area (Å²) in [6.07, 6.45) is 0. The lowest BCUT2D eigenvalue weighted by Gasteiger charge is -2.07. The number of carbonyl (C=O) groups excluding carboxylic acids is 1. The van der Waals surface area contributed by atoms with Gasteiger partial charge in [-0.2, -0.15) is 0 Å². The fourth-order valence-corrected chi connectivity index (χ4v) is 2.81. The van der Waals surface area contributed by atoms with Gasteiger partial charge in [-0.15, -0.1) is 11.8 Å². The Kier molecular flexibility index (Phi) is 5.09. The van der Waals surface area contributed by atoms with Crippen molar-refractivity contribution < 1.29 is 13.9 Å². The van der Waals surface area contributed by atoms with Crippen molar-refractivity contribution in [3.8, 4) is 0 Å². The molecule has 3 nitrogen and oxygen atoms in total. The molecular formula is C15H13ClFNO2S. The van der Waals surface area contributed by atoms with E-state index in [1.165, 1.54) is 31.0 Å². The zero-order valence-electron chi connectivity index (χ0n) is 11.2. The maximum atomic E-state index is 13.8. The van der Waals surface area contributed by atoms with Crippen LogP contribution in [0.1, 0.15) is 15.9 Å². The lowest BCUT2D eigenvalue weighted by Crippen LogP contribution is -2.04. The van der Waals surface area contributed by atoms with Crippen LogP contribution in [0, 0.1) is 5.82 Å². The molecule has 0 fully saturated rings. The van der Waals surface area contributed by atoms with Crippen LogP contribution in [0.2, 0.25) is 5.02 Å². The molecule has 2 rings (SSSR count). The van der Waals surface area contributed by atoms with Gasteiger partial charge in [0.05, 0.1) is 12.7 Å². The quantitative estimate of drug-likeness (QED) is 0.521. The minimum Gasteiger partial charge on any atom is -0.465 e. The summed E-state index contributed by atoms with van der Waals surface area (Å²) in [5.41, 5.74) is 7.12. The molecule has 0 aliphatic rings. The number of halogens is 2. The minimum atomic E-state index is -0.686. The standard InChI is InChI=1S/C15H13ClFNO2S/c1-20-15(19)11-4-2-9(6-12(11)17)8-21-14-5-3-10(16)7-13(14)18/h2-7H,8,18H2,1H3. The zero-order valence-corrected chi connectivity index (χ0v) is 12.8. The van der Waals surface area contributed by atoms with Gasteiger partial charge in [0.2, 0.25) is 0 Å². The summed E-state index contributed by atoms with van der Waals surface area (Å²) in [6, 6.07) is 9.68. The zero-order chi connectivity index (χ0) is 15.4. The number of ether oxygens (including phenoxy) is 1. The fraction of sp³-hybridized carbons (Fsp3) is 0.133. The first-order valence-corrected chi connectivity index (χ1v) is 7.42. The normalized spacial score (nSPS) is 10.4. The number of hydrogen-bond donors (Lipinski definition) is 1. The number of hydrogen-bond acceptors (Lipinski definition) is 4. The van der Waals surface area contributed by atoms with E-state index in [1.807, 2.05) is 6.07 Å². The molecule has 6 heteroatoms. The maximum Gasteiger partial charge on any atom is 0.340 e. The van der Waals surface area contributed by atoms with Gasteiger partial charge >= 0.3 is 5.97 Å². The van der Waals surface area contributed by atoms with Gasteiger partial charge in [-0.25, -0.2) is 9.18 Å². The van der Waals surface area contributed by atoms with Crippen molar-refractivity contribution in [2.45, 2.75) is 10.6 Å². The van der Waals surface area contributed by atoms with E-state index in [1.54, 1.807) is 18.2 Å². The highest BCUT2D eigenvalue weighted by atomic mass is 35.5. The highest BCUT2D eigenvalue weighted by Crippen LogP contribution is 2.30. The molecule has 21 heavy (non-hydrogen) atoms. The van der Waals surface area contributed by atoms with Crippen LogP contribution in [0.25, 0.3) is 0 Å². The summed E-state index contributed by atoms with van der Waals surface area (Å²) in [4.78, 5) is 12.2. The summed E-state index contributed by atoms with van der Waals surface area (Å²) < 4.78 is 18.3. The Labute approximate surface area is 131 Å². The third-order valence-corrected chi connectivity index (χ3v) is 4.20. The van der Waals surface area contributed by atoms with E-state index in [9.17, 15) is 9.18 Å². The van der Waals surface area contributed by atoms with Crippen LogP contribution >= 0.6 is 23.4 Å². The van der Waals surface area contributed by atoms with Crippen LogP contribution < -0.4 is 5.73 Å². The number of esters is 1. The Morgan fingerprint density at radius 3 is 2.71 bits per heavy atom. The summed E-state index contributed by atoms with van der Waals surface area (Å²) in [5, 5.41) is 0.574. The van der Waals surface area contributed by atoms with Crippen LogP contribution in [-0.4, -0.2) is 13.1 Å². The molecule has 0 heterocycles. The predicted molar refractivity (Wildman–Crippen MR) is 83.2 cm³/mol. The molecule has 0 saturated carbocycles. The van der Waals surface area contributed by atoms with Crippen molar-refractivity contribution in [3.63, 3.8) is 0 Å². The van der Waals surface area contributed by atoms with E-state index < -0.39 is 11.8 Å². The molecule has 0 bridgehead atoms. The number of nitrogen functional groups attached to an aromatic ring is 1. The van der Waals surface area contributed by atoms with Gasteiger partial charge in [-0.1, -0.05) is 17.7 Å². The molecule has 0 aliphatic carbocycles. The SMILES string of the molecule is COC(=O)c1ccc(CSc2ccc(Cl)cc2N)cc1F. The second-order valence-electron chi connectivity index (χ2n) is 4.28. The van der Waals surface area contributed by atoms with E-state index in [4.69, 9.17) is 17.3 Å². The average molecular weight is 326 g/mol. The van der Waals surface area contributed by atoms with Crippen LogP contribution in [0.4, 0.5) is 10.1 Å². The molecule has 2 aromatic rings. The van der Waals surface area contributed by atoms with Crippen molar-refractivity contribution in [3.05, 3.63) is 58.4 Å². The van der Waals surface area contributed by atoms with E-state index in [0.717, 1.165) is 10.5 Å². The first-order chi connectivity index (χ1) is 10.0. The van der Waals surface area contributed by atoms with Crippen LogP contribution in [-0.2, 0) is 10.5 Å². The molecule has 0 atom stereocenters. The van der Waals surface area contributed by atoms with Gasteiger partial charge in [0, 0.05) is 21.4 Å². The van der Waals surface area contributed by atoms with Crippen molar-refractivity contribution in [1.29, 1.82) is 0 Å². The average Bonchev–Trinajstić information content (AvgIpc) is 2.45. The van der Waals surface area contributed by atoms with Gasteiger partial charge in [-0.3, -0.25) is 0 Å². The lowest BCUT2D eigenvalue weighted by atomic mass is 10.1. The molecule has 0 radical (unpaired) electrons. The molecular weight excluding hydrogens is 313 g/mol. The van der Waals surface area contributed by atoms with Crippen molar-refractivity contribution in [2.75, 3.05) is 12.8 Å². The minimum absolute atomic E-state index is 0.0720. The molecule has 0 amide bonds. The number of benzene rings is 2. The number of thioether (sulfide) groups is 1. The van der Waals surface area contributed by atoms with Crippen molar-refractivity contribution >= 4 is 35.0 Å². The molecule has 0 unspecified atom stereocenters. The third-order valence-electron chi connectivity index (χ3n) is 2.80. The van der Waals surface area contributed by atoms with Crippen molar-refractivity contribution in [2.24, 2.45) is 0 Å². The van der Waals surface area contributed by atoms with Crippen LogP contribution in [0.3, 0.4) is 0 Å². The summed E-state index contributed by atoms with van der Waals surface area (Å²) in [7, 11) is 1.22. The van der Waals surface area contributed by atoms with E-state index in [2.05, 4.69) is 4.74 Å². The van der Waals surface area contributed by atoms with Gasteiger partial charge in [0.15, 0.2) is 0 Å². The molecule has 0 aromatic heterocycles. The van der Waals surface area contributed by atoms with Crippen LogP contribution in [0.5, 0.6) is 0 Å². The number of carbonyl (C=O) groups is 1. The second kappa shape index (κ2) is 6.83.